The SMILES string of the molecule is CCNC(=NCc1ccccc1)NCC(O)Cc1ccccc1. The molecule has 2 aromatic rings. The molecule has 1 unspecified atom stereocenters. The second-order valence-electron chi connectivity index (χ2n) is 5.41. The Hall–Kier alpha value is -2.33. The van der Waals surface area contributed by atoms with E-state index in [9.17, 15) is 5.11 Å². The Morgan fingerprint density at radius 2 is 1.57 bits per heavy atom. The smallest absolute Gasteiger partial charge is 0.191 e. The third-order valence-corrected chi connectivity index (χ3v) is 3.43. The summed E-state index contributed by atoms with van der Waals surface area (Å²) in [5.74, 6) is 0.725. The van der Waals surface area contributed by atoms with E-state index in [4.69, 9.17) is 0 Å². The predicted octanol–water partition coefficient (Wildman–Crippen LogP) is 2.35. The van der Waals surface area contributed by atoms with Gasteiger partial charge >= 0.3 is 0 Å². The molecule has 0 aliphatic rings. The monoisotopic (exact) mass is 311 g/mol. The first kappa shape index (κ1) is 17.0. The van der Waals surface area contributed by atoms with Crippen LogP contribution >= 0.6 is 0 Å². The van der Waals surface area contributed by atoms with Gasteiger partial charge in [0.25, 0.3) is 0 Å². The maximum Gasteiger partial charge on any atom is 0.191 e. The fourth-order valence-electron chi connectivity index (χ4n) is 2.27. The molecule has 0 bridgehead atoms. The number of nitrogens with one attached hydrogen (secondary N) is 2. The van der Waals surface area contributed by atoms with Crippen LogP contribution < -0.4 is 10.6 Å². The van der Waals surface area contributed by atoms with E-state index in [1.165, 1.54) is 0 Å². The molecule has 0 saturated heterocycles. The molecule has 23 heavy (non-hydrogen) atoms. The van der Waals surface area contributed by atoms with Crippen molar-refractivity contribution in [1.29, 1.82) is 0 Å². The molecule has 0 aromatic heterocycles. The summed E-state index contributed by atoms with van der Waals surface area (Å²) in [7, 11) is 0. The van der Waals surface area contributed by atoms with Crippen LogP contribution in [0.15, 0.2) is 65.7 Å². The molecule has 0 saturated carbocycles. The molecule has 0 spiro atoms. The van der Waals surface area contributed by atoms with Crippen LogP contribution in [-0.2, 0) is 13.0 Å². The Kier molecular flexibility index (Phi) is 7.14. The van der Waals surface area contributed by atoms with Gasteiger partial charge in [-0.05, 0) is 18.1 Å². The Bertz CT molecular complexity index is 584. The standard InChI is InChI=1S/C19H25N3O/c1-2-20-19(21-14-17-11-7-4-8-12-17)22-15-18(23)13-16-9-5-3-6-10-16/h3-12,18,23H,2,13-15H2,1H3,(H2,20,21,22). The van der Waals surface area contributed by atoms with Crippen molar-refractivity contribution in [1.82, 2.24) is 10.6 Å². The largest absolute Gasteiger partial charge is 0.391 e. The van der Waals surface area contributed by atoms with Gasteiger partial charge in [-0.1, -0.05) is 60.7 Å². The Balaban J connectivity index is 1.84. The highest BCUT2D eigenvalue weighted by Crippen LogP contribution is 2.03. The lowest BCUT2D eigenvalue weighted by Crippen LogP contribution is -2.41. The second-order valence-corrected chi connectivity index (χ2v) is 5.41. The molecule has 4 heteroatoms. The van der Waals surface area contributed by atoms with E-state index in [1.807, 2.05) is 55.5 Å². The zero-order chi connectivity index (χ0) is 16.3. The Morgan fingerprint density at radius 3 is 2.17 bits per heavy atom. The fraction of sp³-hybridized carbons (Fsp3) is 0.316. The molecule has 0 radical (unpaired) electrons. The van der Waals surface area contributed by atoms with Crippen molar-refractivity contribution >= 4 is 5.96 Å². The lowest BCUT2D eigenvalue weighted by atomic mass is 10.1. The minimum Gasteiger partial charge on any atom is -0.391 e. The first-order chi connectivity index (χ1) is 11.3. The number of aliphatic hydroxyl groups is 1. The average molecular weight is 311 g/mol. The van der Waals surface area contributed by atoms with Gasteiger partial charge in [0.05, 0.1) is 12.6 Å². The van der Waals surface area contributed by atoms with Crippen LogP contribution in [0.2, 0.25) is 0 Å². The van der Waals surface area contributed by atoms with E-state index < -0.39 is 6.10 Å². The van der Waals surface area contributed by atoms with Gasteiger partial charge in [0.15, 0.2) is 5.96 Å². The molecule has 0 heterocycles. The fourth-order valence-corrected chi connectivity index (χ4v) is 2.27. The number of aliphatic imine (C=N–C) groups is 1. The summed E-state index contributed by atoms with van der Waals surface area (Å²) < 4.78 is 0. The second kappa shape index (κ2) is 9.64. The van der Waals surface area contributed by atoms with E-state index in [0.717, 1.165) is 23.6 Å². The maximum atomic E-state index is 10.2. The molecule has 1 atom stereocenters. The van der Waals surface area contributed by atoms with Crippen molar-refractivity contribution in [2.75, 3.05) is 13.1 Å². The van der Waals surface area contributed by atoms with Gasteiger partial charge in [-0.2, -0.15) is 0 Å². The highest BCUT2D eigenvalue weighted by molar-refractivity contribution is 5.79. The van der Waals surface area contributed by atoms with Gasteiger partial charge < -0.3 is 15.7 Å². The molecule has 4 nitrogen and oxygen atoms in total. The van der Waals surface area contributed by atoms with Gasteiger partial charge in [0.2, 0.25) is 0 Å². The average Bonchev–Trinajstić information content (AvgIpc) is 2.59. The van der Waals surface area contributed by atoms with Crippen LogP contribution in [-0.4, -0.2) is 30.3 Å². The minimum atomic E-state index is -0.446. The number of hydrogen-bond donors (Lipinski definition) is 3. The molecule has 122 valence electrons. The highest BCUT2D eigenvalue weighted by atomic mass is 16.3. The van der Waals surface area contributed by atoms with Gasteiger partial charge in [-0.15, -0.1) is 0 Å². The maximum absolute atomic E-state index is 10.2. The lowest BCUT2D eigenvalue weighted by Gasteiger charge is -2.15. The van der Waals surface area contributed by atoms with E-state index >= 15 is 0 Å². The van der Waals surface area contributed by atoms with E-state index in [-0.39, 0.29) is 0 Å². The third-order valence-electron chi connectivity index (χ3n) is 3.43. The predicted molar refractivity (Wildman–Crippen MR) is 95.4 cm³/mol. The molecule has 0 aliphatic heterocycles. The number of rotatable bonds is 7. The van der Waals surface area contributed by atoms with Crippen molar-refractivity contribution in [2.24, 2.45) is 4.99 Å². The van der Waals surface area contributed by atoms with E-state index in [1.54, 1.807) is 0 Å². The van der Waals surface area contributed by atoms with Crippen molar-refractivity contribution in [3.8, 4) is 0 Å². The van der Waals surface area contributed by atoms with E-state index in [2.05, 4.69) is 27.8 Å². The summed E-state index contributed by atoms with van der Waals surface area (Å²) >= 11 is 0. The minimum absolute atomic E-state index is 0.446. The Morgan fingerprint density at radius 1 is 0.957 bits per heavy atom. The number of benzene rings is 2. The summed E-state index contributed by atoms with van der Waals surface area (Å²) in [6, 6.07) is 20.1. The van der Waals surface area contributed by atoms with Crippen LogP contribution in [0.25, 0.3) is 0 Å². The van der Waals surface area contributed by atoms with Crippen molar-refractivity contribution in [3.05, 3.63) is 71.8 Å². The molecule has 3 N–H and O–H groups in total. The molecule has 0 aliphatic carbocycles. The number of nitrogens with zero attached hydrogens (tertiary/aromatic N) is 1. The van der Waals surface area contributed by atoms with Crippen LogP contribution in [0.3, 0.4) is 0 Å². The summed E-state index contributed by atoms with van der Waals surface area (Å²) in [6.07, 6.45) is 0.185. The summed E-state index contributed by atoms with van der Waals surface area (Å²) in [4.78, 5) is 4.55. The number of aliphatic hydroxyl groups excluding tert-OH is 1. The third kappa shape index (κ3) is 6.53. The lowest BCUT2D eigenvalue weighted by molar-refractivity contribution is 0.177. The summed E-state index contributed by atoms with van der Waals surface area (Å²) in [6.45, 7) is 3.90. The topological polar surface area (TPSA) is 56.7 Å². The molecule has 2 rings (SSSR count). The highest BCUT2D eigenvalue weighted by Gasteiger charge is 2.06. The molecular weight excluding hydrogens is 286 g/mol. The van der Waals surface area contributed by atoms with Crippen molar-refractivity contribution < 1.29 is 5.11 Å². The summed E-state index contributed by atoms with van der Waals surface area (Å²) in [5.41, 5.74) is 2.29. The van der Waals surface area contributed by atoms with Crippen molar-refractivity contribution in [3.63, 3.8) is 0 Å². The summed E-state index contributed by atoms with van der Waals surface area (Å²) in [5, 5.41) is 16.6. The molecule has 2 aromatic carbocycles. The molecule has 0 fully saturated rings. The first-order valence-corrected chi connectivity index (χ1v) is 8.06. The van der Waals surface area contributed by atoms with Crippen LogP contribution in [0.5, 0.6) is 0 Å². The quantitative estimate of drug-likeness (QED) is 0.543. The first-order valence-electron chi connectivity index (χ1n) is 8.06. The molecular formula is C19H25N3O. The van der Waals surface area contributed by atoms with Gasteiger partial charge in [0.1, 0.15) is 0 Å². The van der Waals surface area contributed by atoms with Crippen LogP contribution in [0.1, 0.15) is 18.1 Å². The van der Waals surface area contributed by atoms with Gasteiger partial charge in [-0.3, -0.25) is 0 Å². The van der Waals surface area contributed by atoms with Crippen LogP contribution in [0.4, 0.5) is 0 Å². The molecule has 0 amide bonds. The van der Waals surface area contributed by atoms with Gasteiger partial charge in [0, 0.05) is 19.5 Å². The van der Waals surface area contributed by atoms with Crippen molar-refractivity contribution in [2.45, 2.75) is 26.0 Å². The zero-order valence-corrected chi connectivity index (χ0v) is 13.6. The normalized spacial score (nSPS) is 12.7. The van der Waals surface area contributed by atoms with E-state index in [0.29, 0.717) is 19.5 Å². The van der Waals surface area contributed by atoms with Gasteiger partial charge in [-0.25, -0.2) is 4.99 Å². The number of guanidine groups is 1. The van der Waals surface area contributed by atoms with Crippen LogP contribution in [0, 0.1) is 0 Å². The number of hydrogen-bond acceptors (Lipinski definition) is 2. The zero-order valence-electron chi connectivity index (χ0n) is 13.6. The Labute approximate surface area is 138 Å².